The van der Waals surface area contributed by atoms with E-state index in [9.17, 15) is 4.79 Å². The molecule has 0 fully saturated rings. The van der Waals surface area contributed by atoms with Crippen LogP contribution in [0.1, 0.15) is 35.6 Å². The molecule has 3 aromatic rings. The van der Waals surface area contributed by atoms with E-state index in [1.165, 1.54) is 28.7 Å². The Bertz CT molecular complexity index is 949. The van der Waals surface area contributed by atoms with Gasteiger partial charge in [-0.15, -0.1) is 0 Å². The van der Waals surface area contributed by atoms with Gasteiger partial charge in [-0.3, -0.25) is 9.48 Å². The monoisotopic (exact) mass is 374 g/mol. The molecule has 144 valence electrons. The second-order valence-electron chi connectivity index (χ2n) is 7.40. The summed E-state index contributed by atoms with van der Waals surface area (Å²) >= 11 is 0. The summed E-state index contributed by atoms with van der Waals surface area (Å²) in [6.07, 6.45) is 7.21. The highest BCUT2D eigenvalue weighted by Crippen LogP contribution is 2.25. The lowest BCUT2D eigenvalue weighted by atomic mass is 10.1. The number of fused-ring (bicyclic) bond motifs is 1. The van der Waals surface area contributed by atoms with Crippen LogP contribution in [0.5, 0.6) is 0 Å². The molecule has 1 aliphatic rings. The fraction of sp³-hybridized carbons (Fsp3) is 0.304. The molecule has 1 amide bonds. The fourth-order valence-electron chi connectivity index (χ4n) is 3.71. The minimum Gasteiger partial charge on any atom is -0.325 e. The molecule has 1 atom stereocenters. The van der Waals surface area contributed by atoms with Crippen LogP contribution in [-0.2, 0) is 30.7 Å². The second-order valence-corrected chi connectivity index (χ2v) is 7.40. The molecule has 1 aromatic heterocycles. The maximum Gasteiger partial charge on any atom is 0.241 e. The van der Waals surface area contributed by atoms with Crippen LogP contribution in [0, 0.1) is 0 Å². The Labute approximate surface area is 165 Å². The van der Waals surface area contributed by atoms with Crippen LogP contribution in [-0.4, -0.2) is 21.7 Å². The van der Waals surface area contributed by atoms with Crippen molar-refractivity contribution in [2.45, 2.75) is 45.3 Å². The summed E-state index contributed by atoms with van der Waals surface area (Å²) < 4.78 is 1.91. The lowest BCUT2D eigenvalue weighted by Gasteiger charge is -2.16. The molecule has 0 unspecified atom stereocenters. The van der Waals surface area contributed by atoms with Gasteiger partial charge < -0.3 is 10.6 Å². The number of nitrogens with zero attached hydrogens (tertiary/aromatic N) is 2. The van der Waals surface area contributed by atoms with Crippen LogP contribution in [0.25, 0.3) is 0 Å². The molecule has 1 heterocycles. The van der Waals surface area contributed by atoms with Gasteiger partial charge in [0.25, 0.3) is 0 Å². The van der Waals surface area contributed by atoms with Crippen molar-refractivity contribution < 1.29 is 4.79 Å². The van der Waals surface area contributed by atoms with Crippen LogP contribution in [0.3, 0.4) is 0 Å². The van der Waals surface area contributed by atoms with Gasteiger partial charge in [0.15, 0.2) is 0 Å². The third kappa shape index (κ3) is 4.31. The first-order chi connectivity index (χ1) is 13.7. The summed E-state index contributed by atoms with van der Waals surface area (Å²) in [6.45, 7) is 3.26. The molecule has 4 rings (SSSR count). The van der Waals surface area contributed by atoms with Gasteiger partial charge in [0, 0.05) is 24.6 Å². The SMILES string of the molecule is C[C@@H](NCc1ccccc1Cn1cccn1)C(=O)Nc1ccc2c(c1)CCC2. The molecule has 5 nitrogen and oxygen atoms in total. The third-order valence-electron chi connectivity index (χ3n) is 5.37. The molecular weight excluding hydrogens is 348 g/mol. The normalized spacial score (nSPS) is 13.9. The largest absolute Gasteiger partial charge is 0.325 e. The van der Waals surface area contributed by atoms with Gasteiger partial charge in [0.05, 0.1) is 12.6 Å². The molecule has 1 aliphatic carbocycles. The highest BCUT2D eigenvalue weighted by atomic mass is 16.2. The number of carbonyl (C=O) groups is 1. The number of aromatic nitrogens is 2. The average Bonchev–Trinajstić information content (AvgIpc) is 3.38. The zero-order chi connectivity index (χ0) is 19.3. The number of amides is 1. The minimum atomic E-state index is -0.286. The fourth-order valence-corrected chi connectivity index (χ4v) is 3.71. The molecule has 2 aromatic carbocycles. The number of anilines is 1. The van der Waals surface area contributed by atoms with E-state index >= 15 is 0 Å². The maximum atomic E-state index is 12.6. The van der Waals surface area contributed by atoms with Gasteiger partial charge in [0.2, 0.25) is 5.91 Å². The van der Waals surface area contributed by atoms with Crippen molar-refractivity contribution >= 4 is 11.6 Å². The van der Waals surface area contributed by atoms with Crippen molar-refractivity contribution in [3.8, 4) is 0 Å². The summed E-state index contributed by atoms with van der Waals surface area (Å²) in [7, 11) is 0. The van der Waals surface area contributed by atoms with E-state index < -0.39 is 0 Å². The van der Waals surface area contributed by atoms with Crippen molar-refractivity contribution in [2.24, 2.45) is 0 Å². The number of hydrogen-bond donors (Lipinski definition) is 2. The quantitative estimate of drug-likeness (QED) is 0.665. The van der Waals surface area contributed by atoms with Gasteiger partial charge in [-0.25, -0.2) is 0 Å². The Kier molecular flexibility index (Phi) is 5.53. The van der Waals surface area contributed by atoms with Crippen molar-refractivity contribution in [3.63, 3.8) is 0 Å². The first kappa shape index (κ1) is 18.4. The van der Waals surface area contributed by atoms with Crippen molar-refractivity contribution in [1.82, 2.24) is 15.1 Å². The second kappa shape index (κ2) is 8.40. The molecule has 0 bridgehead atoms. The van der Waals surface area contributed by atoms with Crippen LogP contribution < -0.4 is 10.6 Å². The lowest BCUT2D eigenvalue weighted by molar-refractivity contribution is -0.117. The Balaban J connectivity index is 1.35. The predicted molar refractivity (Wildman–Crippen MR) is 111 cm³/mol. The third-order valence-corrected chi connectivity index (χ3v) is 5.37. The molecular formula is C23H26N4O. The molecule has 0 aliphatic heterocycles. The highest BCUT2D eigenvalue weighted by molar-refractivity contribution is 5.94. The average molecular weight is 374 g/mol. The number of benzene rings is 2. The number of hydrogen-bond acceptors (Lipinski definition) is 3. The van der Waals surface area contributed by atoms with E-state index in [1.54, 1.807) is 6.20 Å². The van der Waals surface area contributed by atoms with E-state index in [0.29, 0.717) is 6.54 Å². The number of aryl methyl sites for hydroxylation is 2. The van der Waals surface area contributed by atoms with E-state index in [0.717, 1.165) is 25.1 Å². The summed E-state index contributed by atoms with van der Waals surface area (Å²) in [6, 6.07) is 16.2. The summed E-state index contributed by atoms with van der Waals surface area (Å²) in [5.41, 5.74) is 6.04. The van der Waals surface area contributed by atoms with Crippen LogP contribution >= 0.6 is 0 Å². The molecule has 28 heavy (non-hydrogen) atoms. The van der Waals surface area contributed by atoms with Gasteiger partial charge in [0.1, 0.15) is 0 Å². The summed E-state index contributed by atoms with van der Waals surface area (Å²) in [5.74, 6) is -0.0116. The Hall–Kier alpha value is -2.92. The molecule has 0 saturated carbocycles. The molecule has 2 N–H and O–H groups in total. The van der Waals surface area contributed by atoms with Crippen LogP contribution in [0.4, 0.5) is 5.69 Å². The van der Waals surface area contributed by atoms with Gasteiger partial charge in [-0.1, -0.05) is 30.3 Å². The van der Waals surface area contributed by atoms with E-state index in [1.807, 2.05) is 42.1 Å². The number of nitrogens with one attached hydrogen (secondary N) is 2. The lowest BCUT2D eigenvalue weighted by Crippen LogP contribution is -2.37. The van der Waals surface area contributed by atoms with Crippen LogP contribution in [0.2, 0.25) is 0 Å². The standard InChI is InChI=1S/C23H26N4O/c1-17(23(28)26-22-11-10-18-8-4-9-19(18)14-22)24-15-20-6-2-3-7-21(20)16-27-13-5-12-25-27/h2-3,5-7,10-14,17,24H,4,8-9,15-16H2,1H3,(H,26,28)/t17-/m1/s1. The first-order valence-corrected chi connectivity index (χ1v) is 9.89. The summed E-state index contributed by atoms with van der Waals surface area (Å²) in [4.78, 5) is 12.6. The van der Waals surface area contributed by atoms with Crippen molar-refractivity contribution in [3.05, 3.63) is 83.2 Å². The zero-order valence-electron chi connectivity index (χ0n) is 16.2. The molecule has 5 heteroatoms. The molecule has 0 saturated heterocycles. The highest BCUT2D eigenvalue weighted by Gasteiger charge is 2.15. The smallest absolute Gasteiger partial charge is 0.241 e. The topological polar surface area (TPSA) is 59.0 Å². The van der Waals surface area contributed by atoms with Gasteiger partial charge in [-0.05, 0) is 66.6 Å². The predicted octanol–water partition coefficient (Wildman–Crippen LogP) is 3.54. The minimum absolute atomic E-state index is 0.0116. The van der Waals surface area contributed by atoms with Crippen molar-refractivity contribution in [2.75, 3.05) is 5.32 Å². The molecule has 0 radical (unpaired) electrons. The Morgan fingerprint density at radius 2 is 1.93 bits per heavy atom. The number of rotatable bonds is 7. The van der Waals surface area contributed by atoms with E-state index in [4.69, 9.17) is 0 Å². The van der Waals surface area contributed by atoms with Gasteiger partial charge in [-0.2, -0.15) is 5.10 Å². The Morgan fingerprint density at radius 3 is 2.75 bits per heavy atom. The zero-order valence-corrected chi connectivity index (χ0v) is 16.2. The van der Waals surface area contributed by atoms with Crippen LogP contribution in [0.15, 0.2) is 60.9 Å². The Morgan fingerprint density at radius 1 is 1.11 bits per heavy atom. The van der Waals surface area contributed by atoms with Crippen molar-refractivity contribution in [1.29, 1.82) is 0 Å². The number of carbonyl (C=O) groups excluding carboxylic acids is 1. The summed E-state index contributed by atoms with van der Waals surface area (Å²) in [5, 5.41) is 10.7. The van der Waals surface area contributed by atoms with Gasteiger partial charge >= 0.3 is 0 Å². The van der Waals surface area contributed by atoms with E-state index in [-0.39, 0.29) is 11.9 Å². The molecule has 0 spiro atoms. The maximum absolute atomic E-state index is 12.6. The first-order valence-electron chi connectivity index (χ1n) is 9.89. The van der Waals surface area contributed by atoms with E-state index in [2.05, 4.69) is 40.0 Å².